The minimum Gasteiger partial charge on any atom is -0.397 e. The molecule has 18 heavy (non-hydrogen) atoms. The first-order valence-corrected chi connectivity index (χ1v) is 6.43. The van der Waals surface area contributed by atoms with Crippen molar-refractivity contribution in [1.82, 2.24) is 4.90 Å². The van der Waals surface area contributed by atoms with Crippen LogP contribution in [0.4, 0.5) is 11.4 Å². The Morgan fingerprint density at radius 1 is 1.39 bits per heavy atom. The van der Waals surface area contributed by atoms with Crippen LogP contribution in [0.25, 0.3) is 0 Å². The lowest BCUT2D eigenvalue weighted by molar-refractivity contribution is -0.128. The summed E-state index contributed by atoms with van der Waals surface area (Å²) in [5.41, 5.74) is 8.76. The molecule has 1 aromatic carbocycles. The molecular weight excluding hydrogens is 226 g/mol. The van der Waals surface area contributed by atoms with Crippen molar-refractivity contribution in [2.24, 2.45) is 0 Å². The minimum absolute atomic E-state index is 0.191. The summed E-state index contributed by atoms with van der Waals surface area (Å²) in [6, 6.07) is 5.89. The van der Waals surface area contributed by atoms with E-state index >= 15 is 0 Å². The number of hydrogen-bond donors (Lipinski definition) is 1. The summed E-state index contributed by atoms with van der Waals surface area (Å²) in [5, 5.41) is 0. The summed E-state index contributed by atoms with van der Waals surface area (Å²) < 4.78 is 0. The number of rotatable bonds is 3. The Hall–Kier alpha value is -1.71. The fraction of sp³-hybridized carbons (Fsp3) is 0.500. The second-order valence-electron chi connectivity index (χ2n) is 5.01. The summed E-state index contributed by atoms with van der Waals surface area (Å²) >= 11 is 0. The molecular formula is C14H21N3O. The maximum Gasteiger partial charge on any atom is 0.242 e. The van der Waals surface area contributed by atoms with Crippen molar-refractivity contribution in [3.05, 3.63) is 23.8 Å². The van der Waals surface area contributed by atoms with Crippen LogP contribution in [0.15, 0.2) is 18.2 Å². The Bertz CT molecular complexity index is 439. The highest BCUT2D eigenvalue weighted by Crippen LogP contribution is 2.23. The molecule has 2 N–H and O–H groups in total. The van der Waals surface area contributed by atoms with Crippen LogP contribution in [-0.2, 0) is 4.79 Å². The van der Waals surface area contributed by atoms with Crippen LogP contribution in [-0.4, -0.2) is 37.5 Å². The van der Waals surface area contributed by atoms with Crippen molar-refractivity contribution < 1.29 is 4.79 Å². The van der Waals surface area contributed by atoms with E-state index in [1.165, 1.54) is 0 Å². The fourth-order valence-electron chi connectivity index (χ4n) is 2.34. The second-order valence-corrected chi connectivity index (χ2v) is 5.01. The van der Waals surface area contributed by atoms with E-state index in [1.807, 2.05) is 42.0 Å². The molecule has 0 spiro atoms. The van der Waals surface area contributed by atoms with E-state index in [9.17, 15) is 4.79 Å². The standard InChI is InChI=1S/C14H21N3O/c1-11-5-6-12(15)13(9-11)16(2)10-14(18)17-7-3-4-8-17/h5-6,9H,3-4,7-8,10,15H2,1-2H3. The maximum absolute atomic E-state index is 12.1. The first-order valence-electron chi connectivity index (χ1n) is 6.43. The zero-order valence-electron chi connectivity index (χ0n) is 11.1. The predicted octanol–water partition coefficient (Wildman–Crippen LogP) is 1.64. The Morgan fingerprint density at radius 3 is 2.72 bits per heavy atom. The van der Waals surface area contributed by atoms with Crippen LogP contribution < -0.4 is 10.6 Å². The molecule has 1 fully saturated rings. The highest BCUT2D eigenvalue weighted by Gasteiger charge is 2.19. The van der Waals surface area contributed by atoms with Gasteiger partial charge in [-0.1, -0.05) is 6.07 Å². The third kappa shape index (κ3) is 2.75. The van der Waals surface area contributed by atoms with Crippen molar-refractivity contribution in [1.29, 1.82) is 0 Å². The van der Waals surface area contributed by atoms with Gasteiger partial charge in [0.2, 0.25) is 5.91 Å². The van der Waals surface area contributed by atoms with Crippen molar-refractivity contribution in [3.8, 4) is 0 Å². The predicted molar refractivity (Wildman–Crippen MR) is 74.7 cm³/mol. The molecule has 1 aliphatic heterocycles. The number of likely N-dealkylation sites (tertiary alicyclic amines) is 1. The van der Waals surface area contributed by atoms with Gasteiger partial charge in [-0.05, 0) is 37.5 Å². The van der Waals surface area contributed by atoms with Gasteiger partial charge >= 0.3 is 0 Å². The third-order valence-corrected chi connectivity index (χ3v) is 3.43. The van der Waals surface area contributed by atoms with E-state index in [2.05, 4.69) is 0 Å². The number of hydrogen-bond acceptors (Lipinski definition) is 3. The number of amides is 1. The van der Waals surface area contributed by atoms with Gasteiger partial charge in [0, 0.05) is 20.1 Å². The molecule has 2 rings (SSSR count). The van der Waals surface area contributed by atoms with Crippen molar-refractivity contribution in [3.63, 3.8) is 0 Å². The molecule has 1 aliphatic rings. The normalized spacial score (nSPS) is 14.9. The number of anilines is 2. The van der Waals surface area contributed by atoms with Gasteiger partial charge in [0.25, 0.3) is 0 Å². The Labute approximate surface area is 108 Å². The van der Waals surface area contributed by atoms with Gasteiger partial charge in [0.05, 0.1) is 17.9 Å². The van der Waals surface area contributed by atoms with E-state index in [0.29, 0.717) is 6.54 Å². The zero-order valence-corrected chi connectivity index (χ0v) is 11.1. The molecule has 0 aromatic heterocycles. The molecule has 1 aromatic rings. The van der Waals surface area contributed by atoms with Gasteiger partial charge in [-0.25, -0.2) is 0 Å². The van der Waals surface area contributed by atoms with Crippen LogP contribution >= 0.6 is 0 Å². The van der Waals surface area contributed by atoms with Crippen LogP contribution in [0.2, 0.25) is 0 Å². The first kappa shape index (κ1) is 12.7. The van der Waals surface area contributed by atoms with Crippen molar-refractivity contribution in [2.75, 3.05) is 37.3 Å². The van der Waals surface area contributed by atoms with Gasteiger partial charge in [-0.3, -0.25) is 4.79 Å². The largest absolute Gasteiger partial charge is 0.397 e. The molecule has 1 heterocycles. The number of carbonyl (C=O) groups is 1. The van der Waals surface area contributed by atoms with Gasteiger partial charge in [0.15, 0.2) is 0 Å². The molecule has 4 nitrogen and oxygen atoms in total. The van der Waals surface area contributed by atoms with Crippen LogP contribution in [0.1, 0.15) is 18.4 Å². The van der Waals surface area contributed by atoms with Crippen LogP contribution in [0, 0.1) is 6.92 Å². The lowest BCUT2D eigenvalue weighted by atomic mass is 10.2. The van der Waals surface area contributed by atoms with Gasteiger partial charge in [-0.15, -0.1) is 0 Å². The number of carbonyl (C=O) groups excluding carboxylic acids is 1. The lowest BCUT2D eigenvalue weighted by Gasteiger charge is -2.24. The number of nitrogens with zero attached hydrogens (tertiary/aromatic N) is 2. The molecule has 1 amide bonds. The summed E-state index contributed by atoms with van der Waals surface area (Å²) in [6.07, 6.45) is 2.25. The number of nitrogen functional groups attached to an aromatic ring is 1. The smallest absolute Gasteiger partial charge is 0.242 e. The summed E-state index contributed by atoms with van der Waals surface area (Å²) in [5.74, 6) is 0.191. The second kappa shape index (κ2) is 5.29. The number of likely N-dealkylation sites (N-methyl/N-ethyl adjacent to an activating group) is 1. The molecule has 0 saturated carbocycles. The van der Waals surface area contributed by atoms with Crippen LogP contribution in [0.5, 0.6) is 0 Å². The topological polar surface area (TPSA) is 49.6 Å². The number of aryl methyl sites for hydroxylation is 1. The Balaban J connectivity index is 2.04. The molecule has 0 unspecified atom stereocenters. The van der Waals surface area contributed by atoms with Gasteiger partial charge in [0.1, 0.15) is 0 Å². The fourth-order valence-corrected chi connectivity index (χ4v) is 2.34. The van der Waals surface area contributed by atoms with E-state index < -0.39 is 0 Å². The number of nitrogens with two attached hydrogens (primary N) is 1. The summed E-state index contributed by atoms with van der Waals surface area (Å²) in [4.78, 5) is 15.9. The first-order chi connectivity index (χ1) is 8.58. The molecule has 4 heteroatoms. The van der Waals surface area contributed by atoms with Gasteiger partial charge < -0.3 is 15.5 Å². The third-order valence-electron chi connectivity index (χ3n) is 3.43. The van der Waals surface area contributed by atoms with E-state index in [0.717, 1.165) is 42.9 Å². The SMILES string of the molecule is Cc1ccc(N)c(N(C)CC(=O)N2CCCC2)c1. The highest BCUT2D eigenvalue weighted by molar-refractivity contribution is 5.83. The summed E-state index contributed by atoms with van der Waals surface area (Å²) in [6.45, 7) is 4.22. The maximum atomic E-state index is 12.1. The molecule has 0 radical (unpaired) electrons. The molecule has 1 saturated heterocycles. The Morgan fingerprint density at radius 2 is 2.06 bits per heavy atom. The average Bonchev–Trinajstić information content (AvgIpc) is 2.85. The van der Waals surface area contributed by atoms with E-state index in [4.69, 9.17) is 5.73 Å². The minimum atomic E-state index is 0.191. The quantitative estimate of drug-likeness (QED) is 0.826. The zero-order chi connectivity index (χ0) is 13.1. The lowest BCUT2D eigenvalue weighted by Crippen LogP contribution is -2.37. The van der Waals surface area contributed by atoms with E-state index in [1.54, 1.807) is 0 Å². The molecule has 0 bridgehead atoms. The van der Waals surface area contributed by atoms with Crippen molar-refractivity contribution in [2.45, 2.75) is 19.8 Å². The molecule has 0 aliphatic carbocycles. The van der Waals surface area contributed by atoms with Crippen LogP contribution in [0.3, 0.4) is 0 Å². The Kier molecular flexibility index (Phi) is 3.75. The van der Waals surface area contributed by atoms with Gasteiger partial charge in [-0.2, -0.15) is 0 Å². The average molecular weight is 247 g/mol. The van der Waals surface area contributed by atoms with E-state index in [-0.39, 0.29) is 5.91 Å². The monoisotopic (exact) mass is 247 g/mol. The summed E-state index contributed by atoms with van der Waals surface area (Å²) in [7, 11) is 1.92. The number of benzene rings is 1. The highest BCUT2D eigenvalue weighted by atomic mass is 16.2. The molecule has 98 valence electrons. The molecule has 0 atom stereocenters. The van der Waals surface area contributed by atoms with Crippen molar-refractivity contribution >= 4 is 17.3 Å².